The molecule has 0 radical (unpaired) electrons. The van der Waals surface area contributed by atoms with E-state index >= 15 is 0 Å². The van der Waals surface area contributed by atoms with E-state index in [1.54, 1.807) is 0 Å². The summed E-state index contributed by atoms with van der Waals surface area (Å²) in [4.78, 5) is 4.23. The number of aromatic nitrogens is 1. The Balaban J connectivity index is 2.95. The molecule has 0 spiro atoms. The maximum Gasteiger partial charge on any atom is 0.151 e. The highest BCUT2D eigenvalue weighted by atomic mass is 32.2. The number of nitrogens with zero attached hydrogens (tertiary/aromatic N) is 1. The van der Waals surface area contributed by atoms with Gasteiger partial charge in [-0.2, -0.15) is 0 Å². The second kappa shape index (κ2) is 5.02. The van der Waals surface area contributed by atoms with Gasteiger partial charge in [0.05, 0.1) is 5.69 Å². The Morgan fingerprint density at radius 2 is 2.33 bits per heavy atom. The molecule has 15 heavy (non-hydrogen) atoms. The summed E-state index contributed by atoms with van der Waals surface area (Å²) in [5.74, 6) is 0.745. The van der Waals surface area contributed by atoms with Gasteiger partial charge in [-0.25, -0.2) is 0 Å². The smallest absolute Gasteiger partial charge is 0.151 e. The van der Waals surface area contributed by atoms with Crippen LogP contribution in [0.5, 0.6) is 5.75 Å². The van der Waals surface area contributed by atoms with Crippen LogP contribution in [-0.2, 0) is 12.2 Å². The van der Waals surface area contributed by atoms with Gasteiger partial charge in [-0.15, -0.1) is 0 Å². The molecular formula is C10H15N3OS. The number of aryl methyl sites for hydroxylation is 2. The number of nitrogens with one attached hydrogen (secondary N) is 1. The highest BCUT2D eigenvalue weighted by molar-refractivity contribution is 8.13. The third-order valence-electron chi connectivity index (χ3n) is 1.99. The largest absolute Gasteiger partial charge is 0.506 e. The minimum absolute atomic E-state index is 0.0573. The summed E-state index contributed by atoms with van der Waals surface area (Å²) < 4.78 is 0. The van der Waals surface area contributed by atoms with Crippen LogP contribution in [0.15, 0.2) is 6.07 Å². The van der Waals surface area contributed by atoms with Crippen LogP contribution in [0.3, 0.4) is 0 Å². The van der Waals surface area contributed by atoms with Crippen LogP contribution in [0.2, 0.25) is 0 Å². The van der Waals surface area contributed by atoms with E-state index in [9.17, 15) is 5.11 Å². The first kappa shape index (κ1) is 11.8. The average Bonchev–Trinajstić information content (AvgIpc) is 2.18. The monoisotopic (exact) mass is 225 g/mol. The summed E-state index contributed by atoms with van der Waals surface area (Å²) in [6, 6.07) is 1.82. The van der Waals surface area contributed by atoms with E-state index < -0.39 is 0 Å². The summed E-state index contributed by atoms with van der Waals surface area (Å²) in [6.45, 7) is 3.84. The van der Waals surface area contributed by atoms with Gasteiger partial charge in [-0.05, 0) is 19.4 Å². The fourth-order valence-corrected chi connectivity index (χ4v) is 1.85. The van der Waals surface area contributed by atoms with Crippen LogP contribution >= 0.6 is 11.8 Å². The molecule has 0 aliphatic rings. The van der Waals surface area contributed by atoms with Gasteiger partial charge in [0, 0.05) is 17.0 Å². The lowest BCUT2D eigenvalue weighted by molar-refractivity contribution is 0.459. The minimum atomic E-state index is 0.0573. The zero-order chi connectivity index (χ0) is 11.4. The lowest BCUT2D eigenvalue weighted by Gasteiger charge is -2.08. The molecule has 0 fully saturated rings. The summed E-state index contributed by atoms with van der Waals surface area (Å²) in [5, 5.41) is 17.0. The van der Waals surface area contributed by atoms with E-state index in [0.717, 1.165) is 11.3 Å². The van der Waals surface area contributed by atoms with E-state index in [2.05, 4.69) is 4.98 Å². The van der Waals surface area contributed by atoms with Crippen molar-refractivity contribution < 1.29 is 5.11 Å². The van der Waals surface area contributed by atoms with Crippen LogP contribution < -0.4 is 5.73 Å². The SMILES string of the molecule is CCc1nc(C)cc(CSC(=N)N)c1O. The summed E-state index contributed by atoms with van der Waals surface area (Å²) in [5.41, 5.74) is 7.62. The number of hydrogen-bond acceptors (Lipinski definition) is 4. The zero-order valence-corrected chi connectivity index (χ0v) is 9.69. The van der Waals surface area contributed by atoms with Crippen LogP contribution in [0.1, 0.15) is 23.9 Å². The van der Waals surface area contributed by atoms with Crippen LogP contribution in [-0.4, -0.2) is 15.3 Å². The number of pyridine rings is 1. The van der Waals surface area contributed by atoms with Crippen molar-refractivity contribution in [3.05, 3.63) is 23.0 Å². The van der Waals surface area contributed by atoms with Crippen LogP contribution in [0.25, 0.3) is 0 Å². The van der Waals surface area contributed by atoms with Gasteiger partial charge >= 0.3 is 0 Å². The molecule has 0 saturated heterocycles. The highest BCUT2D eigenvalue weighted by Gasteiger charge is 2.09. The molecule has 1 heterocycles. The average molecular weight is 225 g/mol. The van der Waals surface area contributed by atoms with Gasteiger partial charge < -0.3 is 10.8 Å². The van der Waals surface area contributed by atoms with Crippen molar-refractivity contribution >= 4 is 16.9 Å². The Morgan fingerprint density at radius 1 is 1.67 bits per heavy atom. The molecule has 4 N–H and O–H groups in total. The number of amidine groups is 1. The number of hydrogen-bond donors (Lipinski definition) is 3. The van der Waals surface area contributed by atoms with Gasteiger partial charge in [-0.1, -0.05) is 18.7 Å². The maximum absolute atomic E-state index is 9.84. The first-order valence-electron chi connectivity index (χ1n) is 4.69. The number of rotatable bonds is 3. The van der Waals surface area contributed by atoms with Crippen molar-refractivity contribution in [1.82, 2.24) is 4.98 Å². The molecule has 0 bridgehead atoms. The van der Waals surface area contributed by atoms with Crippen molar-refractivity contribution in [1.29, 1.82) is 5.41 Å². The molecule has 1 rings (SSSR count). The predicted molar refractivity (Wildman–Crippen MR) is 63.2 cm³/mol. The summed E-state index contributed by atoms with van der Waals surface area (Å²) in [6.07, 6.45) is 0.700. The Hall–Kier alpha value is -1.23. The lowest BCUT2D eigenvalue weighted by atomic mass is 10.1. The van der Waals surface area contributed by atoms with Crippen molar-refractivity contribution in [2.24, 2.45) is 5.73 Å². The van der Waals surface area contributed by atoms with Gasteiger partial charge in [0.1, 0.15) is 5.75 Å². The Kier molecular flexibility index (Phi) is 3.96. The second-order valence-electron chi connectivity index (χ2n) is 3.22. The molecule has 5 heteroatoms. The maximum atomic E-state index is 9.84. The molecule has 0 aliphatic carbocycles. The highest BCUT2D eigenvalue weighted by Crippen LogP contribution is 2.26. The van der Waals surface area contributed by atoms with E-state index in [1.807, 2.05) is 19.9 Å². The molecule has 0 aromatic carbocycles. The zero-order valence-electron chi connectivity index (χ0n) is 8.87. The topological polar surface area (TPSA) is 83.0 Å². The molecular weight excluding hydrogens is 210 g/mol. The van der Waals surface area contributed by atoms with E-state index in [4.69, 9.17) is 11.1 Å². The summed E-state index contributed by atoms with van der Waals surface area (Å²) >= 11 is 1.20. The first-order chi connectivity index (χ1) is 7.04. The van der Waals surface area contributed by atoms with Crippen molar-refractivity contribution in [3.8, 4) is 5.75 Å². The van der Waals surface area contributed by atoms with Gasteiger partial charge in [0.2, 0.25) is 0 Å². The van der Waals surface area contributed by atoms with Crippen LogP contribution in [0, 0.1) is 12.3 Å². The van der Waals surface area contributed by atoms with Gasteiger partial charge in [-0.3, -0.25) is 10.4 Å². The molecule has 0 unspecified atom stereocenters. The molecule has 82 valence electrons. The fourth-order valence-electron chi connectivity index (χ4n) is 1.32. The lowest BCUT2D eigenvalue weighted by Crippen LogP contribution is -2.04. The number of nitrogens with two attached hydrogens (primary N) is 1. The van der Waals surface area contributed by atoms with E-state index in [-0.39, 0.29) is 10.9 Å². The Bertz CT molecular complexity index is 379. The Morgan fingerprint density at radius 3 is 2.87 bits per heavy atom. The Labute approximate surface area is 93.4 Å². The normalized spacial score (nSPS) is 10.3. The molecule has 0 saturated carbocycles. The minimum Gasteiger partial charge on any atom is -0.506 e. The van der Waals surface area contributed by atoms with Crippen LogP contribution in [0.4, 0.5) is 0 Å². The van der Waals surface area contributed by atoms with Crippen molar-refractivity contribution in [2.75, 3.05) is 0 Å². The van der Waals surface area contributed by atoms with E-state index in [1.165, 1.54) is 11.8 Å². The number of thioether (sulfide) groups is 1. The third-order valence-corrected chi connectivity index (χ3v) is 2.76. The molecule has 1 aromatic rings. The molecule has 0 aliphatic heterocycles. The fraction of sp³-hybridized carbons (Fsp3) is 0.400. The standard InChI is InChI=1S/C10H15N3OS/c1-3-8-9(14)7(4-6(2)13-8)5-15-10(11)12/h4,14H,3,5H2,1-2H3,(H3,11,12). The molecule has 0 amide bonds. The van der Waals surface area contributed by atoms with Gasteiger partial charge in [0.25, 0.3) is 0 Å². The quantitative estimate of drug-likeness (QED) is 0.541. The molecule has 1 aromatic heterocycles. The molecule has 4 nitrogen and oxygen atoms in total. The van der Waals surface area contributed by atoms with Crippen molar-refractivity contribution in [2.45, 2.75) is 26.0 Å². The first-order valence-corrected chi connectivity index (χ1v) is 5.68. The second-order valence-corrected chi connectivity index (χ2v) is 4.24. The predicted octanol–water partition coefficient (Wildman–Crippen LogP) is 1.78. The summed E-state index contributed by atoms with van der Waals surface area (Å²) in [7, 11) is 0. The van der Waals surface area contributed by atoms with E-state index in [0.29, 0.717) is 17.9 Å². The van der Waals surface area contributed by atoms with Crippen molar-refractivity contribution in [3.63, 3.8) is 0 Å². The third kappa shape index (κ3) is 3.13. The number of aromatic hydroxyl groups is 1. The molecule has 0 atom stereocenters. The van der Waals surface area contributed by atoms with Gasteiger partial charge in [0.15, 0.2) is 5.17 Å².